The molecule has 0 rings (SSSR count). The molecule has 0 bridgehead atoms. The van der Waals surface area contributed by atoms with Crippen molar-refractivity contribution in [3.8, 4) is 0 Å². The normalized spacial score (nSPS) is 10.8. The molecule has 0 atom stereocenters. The maximum absolute atomic E-state index is 11.3. The van der Waals surface area contributed by atoms with Crippen molar-refractivity contribution in [2.45, 2.75) is 26.7 Å². The predicted octanol–water partition coefficient (Wildman–Crippen LogP) is 0.137. The summed E-state index contributed by atoms with van der Waals surface area (Å²) in [5, 5.41) is 14.4. The fraction of sp³-hybridized carbons (Fsp3) is 0.917. The Hall–Kier alpha value is -0.650. The molecule has 0 radical (unpaired) electrons. The highest BCUT2D eigenvalue weighted by molar-refractivity contribution is 5.77. The van der Waals surface area contributed by atoms with Crippen molar-refractivity contribution in [1.82, 2.24) is 10.6 Å². The molecule has 0 aliphatic carbocycles. The molecule has 0 aliphatic heterocycles. The van der Waals surface area contributed by atoms with E-state index >= 15 is 0 Å². The molecule has 0 aromatic rings. The highest BCUT2D eigenvalue weighted by Crippen LogP contribution is 1.95. The molecule has 0 aromatic carbocycles. The molecule has 3 N–H and O–H groups in total. The highest BCUT2D eigenvalue weighted by atomic mass is 16.5. The summed E-state index contributed by atoms with van der Waals surface area (Å²) < 4.78 is 5.09. The van der Waals surface area contributed by atoms with Crippen molar-refractivity contribution in [3.05, 3.63) is 0 Å². The smallest absolute Gasteiger partial charge is 0.233 e. The molecular formula is C12H26N2O3. The standard InChI is InChI=1S/C12H26N2O3/c1-11(2)4-6-14-12(16)10-13-5-3-8-17-9-7-15/h11,13,15H,3-10H2,1-2H3,(H,14,16). The van der Waals surface area contributed by atoms with Crippen molar-refractivity contribution in [1.29, 1.82) is 0 Å². The molecular weight excluding hydrogens is 220 g/mol. The second kappa shape index (κ2) is 11.8. The van der Waals surface area contributed by atoms with E-state index in [1.807, 2.05) is 0 Å². The fourth-order valence-electron chi connectivity index (χ4n) is 1.23. The minimum Gasteiger partial charge on any atom is -0.394 e. The summed E-state index contributed by atoms with van der Waals surface area (Å²) in [5.41, 5.74) is 0. The number of rotatable bonds is 11. The topological polar surface area (TPSA) is 70.6 Å². The number of aliphatic hydroxyl groups excluding tert-OH is 1. The van der Waals surface area contributed by atoms with E-state index in [0.29, 0.717) is 25.7 Å². The first kappa shape index (κ1) is 16.4. The van der Waals surface area contributed by atoms with E-state index in [9.17, 15) is 4.79 Å². The van der Waals surface area contributed by atoms with Crippen molar-refractivity contribution in [3.63, 3.8) is 0 Å². The highest BCUT2D eigenvalue weighted by Gasteiger charge is 2.00. The summed E-state index contributed by atoms with van der Waals surface area (Å²) in [6, 6.07) is 0. The van der Waals surface area contributed by atoms with Crippen LogP contribution in [0.15, 0.2) is 0 Å². The quantitative estimate of drug-likeness (QED) is 0.453. The van der Waals surface area contributed by atoms with Crippen LogP contribution in [0.2, 0.25) is 0 Å². The van der Waals surface area contributed by atoms with Gasteiger partial charge in [0.25, 0.3) is 0 Å². The molecule has 0 aliphatic rings. The van der Waals surface area contributed by atoms with Crippen LogP contribution in [0.5, 0.6) is 0 Å². The number of ether oxygens (including phenoxy) is 1. The van der Waals surface area contributed by atoms with Crippen molar-refractivity contribution < 1.29 is 14.6 Å². The second-order valence-corrected chi connectivity index (χ2v) is 4.40. The summed E-state index contributed by atoms with van der Waals surface area (Å²) in [4.78, 5) is 11.3. The van der Waals surface area contributed by atoms with Gasteiger partial charge in [-0.3, -0.25) is 4.79 Å². The third kappa shape index (κ3) is 13.3. The lowest BCUT2D eigenvalue weighted by Gasteiger charge is -2.08. The van der Waals surface area contributed by atoms with Crippen LogP contribution in [0.4, 0.5) is 0 Å². The first-order chi connectivity index (χ1) is 8.16. The SMILES string of the molecule is CC(C)CCNC(=O)CNCCCOCCO. The molecule has 1 amide bonds. The van der Waals surface area contributed by atoms with Crippen LogP contribution in [-0.2, 0) is 9.53 Å². The predicted molar refractivity (Wildman–Crippen MR) is 67.9 cm³/mol. The largest absolute Gasteiger partial charge is 0.394 e. The molecule has 0 saturated carbocycles. The maximum atomic E-state index is 11.3. The lowest BCUT2D eigenvalue weighted by molar-refractivity contribution is -0.120. The van der Waals surface area contributed by atoms with Gasteiger partial charge in [-0.1, -0.05) is 13.8 Å². The second-order valence-electron chi connectivity index (χ2n) is 4.40. The Kier molecular flexibility index (Phi) is 11.4. The number of amides is 1. The minimum atomic E-state index is 0.0435. The average molecular weight is 246 g/mol. The summed E-state index contributed by atoms with van der Waals surface area (Å²) in [6.45, 7) is 7.19. The minimum absolute atomic E-state index is 0.0435. The number of aliphatic hydroxyl groups is 1. The maximum Gasteiger partial charge on any atom is 0.233 e. The number of nitrogens with one attached hydrogen (secondary N) is 2. The molecule has 17 heavy (non-hydrogen) atoms. The Morgan fingerprint density at radius 1 is 1.29 bits per heavy atom. The van der Waals surface area contributed by atoms with Crippen LogP contribution < -0.4 is 10.6 Å². The van der Waals surface area contributed by atoms with Crippen molar-refractivity contribution >= 4 is 5.91 Å². The van der Waals surface area contributed by atoms with Gasteiger partial charge in [0, 0.05) is 13.2 Å². The zero-order valence-corrected chi connectivity index (χ0v) is 11.0. The Morgan fingerprint density at radius 3 is 2.71 bits per heavy atom. The summed E-state index contributed by atoms with van der Waals surface area (Å²) in [7, 11) is 0. The third-order valence-corrected chi connectivity index (χ3v) is 2.21. The van der Waals surface area contributed by atoms with Gasteiger partial charge in [0.2, 0.25) is 5.91 Å². The van der Waals surface area contributed by atoms with Crippen LogP contribution in [0.1, 0.15) is 26.7 Å². The van der Waals surface area contributed by atoms with E-state index in [1.165, 1.54) is 0 Å². The molecule has 0 spiro atoms. The van der Waals surface area contributed by atoms with E-state index in [2.05, 4.69) is 24.5 Å². The van der Waals surface area contributed by atoms with Gasteiger partial charge in [-0.2, -0.15) is 0 Å². The molecule has 0 fully saturated rings. The van der Waals surface area contributed by atoms with Gasteiger partial charge >= 0.3 is 0 Å². The fourth-order valence-corrected chi connectivity index (χ4v) is 1.23. The van der Waals surface area contributed by atoms with Gasteiger partial charge < -0.3 is 20.5 Å². The zero-order chi connectivity index (χ0) is 12.9. The zero-order valence-electron chi connectivity index (χ0n) is 11.0. The molecule has 102 valence electrons. The lowest BCUT2D eigenvalue weighted by Crippen LogP contribution is -2.35. The van der Waals surface area contributed by atoms with E-state index in [0.717, 1.165) is 25.9 Å². The van der Waals surface area contributed by atoms with Gasteiger partial charge in [-0.15, -0.1) is 0 Å². The van der Waals surface area contributed by atoms with Gasteiger partial charge in [0.1, 0.15) is 0 Å². The average Bonchev–Trinajstić information content (AvgIpc) is 2.27. The van der Waals surface area contributed by atoms with E-state index in [1.54, 1.807) is 0 Å². The first-order valence-corrected chi connectivity index (χ1v) is 6.32. The van der Waals surface area contributed by atoms with E-state index in [4.69, 9.17) is 9.84 Å². The molecule has 0 saturated heterocycles. The Bertz CT molecular complexity index is 187. The molecule has 0 aromatic heterocycles. The van der Waals surface area contributed by atoms with Crippen LogP contribution in [0.3, 0.4) is 0 Å². The molecule has 0 unspecified atom stereocenters. The Morgan fingerprint density at radius 2 is 2.06 bits per heavy atom. The van der Waals surface area contributed by atoms with Gasteiger partial charge in [-0.05, 0) is 25.3 Å². The first-order valence-electron chi connectivity index (χ1n) is 6.32. The Balaban J connectivity index is 3.16. The molecule has 5 heteroatoms. The third-order valence-electron chi connectivity index (χ3n) is 2.21. The van der Waals surface area contributed by atoms with Crippen molar-refractivity contribution in [2.75, 3.05) is 39.5 Å². The van der Waals surface area contributed by atoms with Crippen LogP contribution >= 0.6 is 0 Å². The summed E-state index contributed by atoms with van der Waals surface area (Å²) >= 11 is 0. The van der Waals surface area contributed by atoms with Gasteiger partial charge in [0.15, 0.2) is 0 Å². The van der Waals surface area contributed by atoms with Crippen LogP contribution in [0.25, 0.3) is 0 Å². The van der Waals surface area contributed by atoms with E-state index in [-0.39, 0.29) is 12.5 Å². The number of carbonyl (C=O) groups is 1. The molecule has 0 heterocycles. The summed E-state index contributed by atoms with van der Waals surface area (Å²) in [6.07, 6.45) is 1.86. The Labute approximate surface area is 104 Å². The number of hydrogen-bond acceptors (Lipinski definition) is 4. The van der Waals surface area contributed by atoms with Gasteiger partial charge in [0.05, 0.1) is 19.8 Å². The van der Waals surface area contributed by atoms with Crippen LogP contribution in [0, 0.1) is 5.92 Å². The van der Waals surface area contributed by atoms with Crippen molar-refractivity contribution in [2.24, 2.45) is 5.92 Å². The van der Waals surface area contributed by atoms with Gasteiger partial charge in [-0.25, -0.2) is 0 Å². The molecule has 5 nitrogen and oxygen atoms in total. The summed E-state index contributed by atoms with van der Waals surface area (Å²) in [5.74, 6) is 0.661. The number of carbonyl (C=O) groups excluding carboxylic acids is 1. The number of hydrogen-bond donors (Lipinski definition) is 3. The monoisotopic (exact) mass is 246 g/mol. The lowest BCUT2D eigenvalue weighted by atomic mass is 10.1. The van der Waals surface area contributed by atoms with E-state index < -0.39 is 0 Å². The van der Waals surface area contributed by atoms with Crippen LogP contribution in [-0.4, -0.2) is 50.5 Å².